The van der Waals surface area contributed by atoms with E-state index in [1.54, 1.807) is 11.3 Å². The SMILES string of the molecule is CC(CCc1ccccc1)C(=O)c1ccc(-c2cccc(Cc3cccc(C(C)C)c3)c2)s1. The second-order valence-corrected chi connectivity index (χ2v) is 10.3. The molecule has 1 aromatic heterocycles. The largest absolute Gasteiger partial charge is 0.293 e. The molecule has 0 bridgehead atoms. The van der Waals surface area contributed by atoms with Gasteiger partial charge in [0.05, 0.1) is 4.88 Å². The smallest absolute Gasteiger partial charge is 0.175 e. The number of benzene rings is 3. The summed E-state index contributed by atoms with van der Waals surface area (Å²) in [5, 5.41) is 0. The van der Waals surface area contributed by atoms with E-state index in [1.807, 2.05) is 12.1 Å². The summed E-state index contributed by atoms with van der Waals surface area (Å²) in [6.45, 7) is 6.52. The zero-order valence-electron chi connectivity index (χ0n) is 19.8. The lowest BCUT2D eigenvalue weighted by molar-refractivity contribution is 0.0928. The van der Waals surface area contributed by atoms with Crippen molar-refractivity contribution in [3.63, 3.8) is 0 Å². The zero-order chi connectivity index (χ0) is 23.2. The van der Waals surface area contributed by atoms with E-state index < -0.39 is 0 Å². The molecule has 3 aromatic carbocycles. The van der Waals surface area contributed by atoms with Crippen molar-refractivity contribution < 1.29 is 4.79 Å². The maximum absolute atomic E-state index is 13.0. The highest BCUT2D eigenvalue weighted by atomic mass is 32.1. The lowest BCUT2D eigenvalue weighted by atomic mass is 9.96. The van der Waals surface area contributed by atoms with Crippen LogP contribution in [0.15, 0.2) is 91.0 Å². The summed E-state index contributed by atoms with van der Waals surface area (Å²) in [6, 6.07) is 32.1. The Morgan fingerprint density at radius 1 is 0.758 bits per heavy atom. The summed E-state index contributed by atoms with van der Waals surface area (Å²) < 4.78 is 0. The Labute approximate surface area is 202 Å². The van der Waals surface area contributed by atoms with Crippen LogP contribution >= 0.6 is 11.3 Å². The van der Waals surface area contributed by atoms with E-state index in [9.17, 15) is 4.79 Å². The molecule has 0 fully saturated rings. The standard InChI is InChI=1S/C31H32OS/c1-22(2)27-13-7-11-25(20-27)19-26-12-8-14-28(21-26)29-17-18-30(33-29)31(32)23(3)15-16-24-9-5-4-6-10-24/h4-14,17-18,20-23H,15-16,19H2,1-3H3. The molecule has 1 heterocycles. The number of rotatable bonds is 9. The molecule has 0 aliphatic rings. The molecule has 0 aliphatic heterocycles. The lowest BCUT2D eigenvalue weighted by Gasteiger charge is -2.09. The van der Waals surface area contributed by atoms with Crippen molar-refractivity contribution in [3.05, 3.63) is 118 Å². The van der Waals surface area contributed by atoms with Crippen molar-refractivity contribution in [3.8, 4) is 10.4 Å². The Balaban J connectivity index is 1.43. The van der Waals surface area contributed by atoms with Gasteiger partial charge in [-0.1, -0.05) is 99.6 Å². The Hall–Kier alpha value is -2.97. The third-order valence-corrected chi connectivity index (χ3v) is 7.39. The van der Waals surface area contributed by atoms with Crippen molar-refractivity contribution in [2.45, 2.75) is 46.0 Å². The molecule has 1 nitrogen and oxygen atoms in total. The second-order valence-electron chi connectivity index (χ2n) is 9.23. The van der Waals surface area contributed by atoms with E-state index in [4.69, 9.17) is 0 Å². The summed E-state index contributed by atoms with van der Waals surface area (Å²) in [5.74, 6) is 0.813. The topological polar surface area (TPSA) is 17.1 Å². The molecule has 33 heavy (non-hydrogen) atoms. The van der Waals surface area contributed by atoms with Gasteiger partial charge in [0.25, 0.3) is 0 Å². The summed E-state index contributed by atoms with van der Waals surface area (Å²) in [6.07, 6.45) is 2.73. The third kappa shape index (κ3) is 6.09. The maximum Gasteiger partial charge on any atom is 0.175 e. The number of Topliss-reactive ketones (excluding diaryl/α,β-unsaturated/α-hetero) is 1. The number of aryl methyl sites for hydroxylation is 1. The minimum atomic E-state index is 0.0243. The van der Waals surface area contributed by atoms with Crippen LogP contribution in [-0.2, 0) is 12.8 Å². The van der Waals surface area contributed by atoms with Crippen LogP contribution in [0.2, 0.25) is 0 Å². The van der Waals surface area contributed by atoms with Gasteiger partial charge in [0.15, 0.2) is 5.78 Å². The molecule has 4 rings (SSSR count). The molecule has 4 aromatic rings. The Kier molecular flexibility index (Phi) is 7.57. The van der Waals surface area contributed by atoms with Gasteiger partial charge in [-0.25, -0.2) is 0 Å². The first-order valence-corrected chi connectivity index (χ1v) is 12.7. The van der Waals surface area contributed by atoms with Gasteiger partial charge in [0.2, 0.25) is 0 Å². The molecule has 0 radical (unpaired) electrons. The third-order valence-electron chi connectivity index (χ3n) is 6.24. The molecule has 168 valence electrons. The highest BCUT2D eigenvalue weighted by Crippen LogP contribution is 2.31. The van der Waals surface area contributed by atoms with Gasteiger partial charge in [-0.3, -0.25) is 4.79 Å². The van der Waals surface area contributed by atoms with Crippen LogP contribution in [0, 0.1) is 5.92 Å². The monoisotopic (exact) mass is 452 g/mol. The first kappa shape index (κ1) is 23.2. The number of carbonyl (C=O) groups excluding carboxylic acids is 1. The summed E-state index contributed by atoms with van der Waals surface area (Å²) in [7, 11) is 0. The maximum atomic E-state index is 13.0. The molecule has 0 aliphatic carbocycles. The molecule has 0 N–H and O–H groups in total. The van der Waals surface area contributed by atoms with Gasteiger partial charge in [0, 0.05) is 10.8 Å². The highest BCUT2D eigenvalue weighted by molar-refractivity contribution is 7.17. The summed E-state index contributed by atoms with van der Waals surface area (Å²) in [5.41, 5.74) is 6.50. The van der Waals surface area contributed by atoms with E-state index in [1.165, 1.54) is 27.8 Å². The molecular formula is C31H32OS. The fourth-order valence-corrected chi connectivity index (χ4v) is 5.22. The first-order chi connectivity index (χ1) is 16.0. The molecule has 0 saturated carbocycles. The van der Waals surface area contributed by atoms with Crippen LogP contribution in [0.5, 0.6) is 0 Å². The second kappa shape index (κ2) is 10.8. The Morgan fingerprint density at radius 2 is 1.45 bits per heavy atom. The van der Waals surface area contributed by atoms with E-state index in [2.05, 4.69) is 99.6 Å². The average molecular weight is 453 g/mol. The van der Waals surface area contributed by atoms with Crippen LogP contribution in [0.4, 0.5) is 0 Å². The summed E-state index contributed by atoms with van der Waals surface area (Å²) >= 11 is 1.62. The number of hydrogen-bond donors (Lipinski definition) is 0. The van der Waals surface area contributed by atoms with E-state index in [0.29, 0.717) is 5.92 Å². The lowest BCUT2D eigenvalue weighted by Crippen LogP contribution is -2.10. The average Bonchev–Trinajstić information content (AvgIpc) is 3.33. The van der Waals surface area contributed by atoms with Crippen LogP contribution in [0.3, 0.4) is 0 Å². The molecule has 1 unspecified atom stereocenters. The number of carbonyl (C=O) groups is 1. The molecule has 0 amide bonds. The fourth-order valence-electron chi connectivity index (χ4n) is 4.16. The molecule has 2 heteroatoms. The number of hydrogen-bond acceptors (Lipinski definition) is 2. The van der Waals surface area contributed by atoms with Crippen molar-refractivity contribution in [2.75, 3.05) is 0 Å². The highest BCUT2D eigenvalue weighted by Gasteiger charge is 2.18. The molecule has 0 saturated heterocycles. The first-order valence-electron chi connectivity index (χ1n) is 11.9. The van der Waals surface area contributed by atoms with Gasteiger partial charge < -0.3 is 0 Å². The zero-order valence-corrected chi connectivity index (χ0v) is 20.6. The quantitative estimate of drug-likeness (QED) is 0.232. The van der Waals surface area contributed by atoms with Crippen molar-refractivity contribution in [1.29, 1.82) is 0 Å². The fraction of sp³-hybridized carbons (Fsp3) is 0.258. The molecular weight excluding hydrogens is 420 g/mol. The Bertz CT molecular complexity index is 1200. The summed E-state index contributed by atoms with van der Waals surface area (Å²) in [4.78, 5) is 15.0. The van der Waals surface area contributed by atoms with Crippen molar-refractivity contribution >= 4 is 17.1 Å². The van der Waals surface area contributed by atoms with Gasteiger partial charge in [-0.05, 0) is 65.1 Å². The van der Waals surface area contributed by atoms with Gasteiger partial charge >= 0.3 is 0 Å². The van der Waals surface area contributed by atoms with Gasteiger partial charge in [-0.2, -0.15) is 0 Å². The van der Waals surface area contributed by atoms with Gasteiger partial charge in [0.1, 0.15) is 0 Å². The predicted octanol–water partition coefficient (Wildman–Crippen LogP) is 8.58. The molecule has 0 spiro atoms. The molecule has 1 atom stereocenters. The Morgan fingerprint density at radius 3 is 2.21 bits per heavy atom. The van der Waals surface area contributed by atoms with Gasteiger partial charge in [-0.15, -0.1) is 11.3 Å². The van der Waals surface area contributed by atoms with Crippen LogP contribution in [-0.4, -0.2) is 5.78 Å². The van der Waals surface area contributed by atoms with Crippen molar-refractivity contribution in [2.24, 2.45) is 5.92 Å². The normalized spacial score (nSPS) is 12.1. The van der Waals surface area contributed by atoms with Crippen LogP contribution < -0.4 is 0 Å². The minimum absolute atomic E-state index is 0.0243. The van der Waals surface area contributed by atoms with E-state index in [0.717, 1.165) is 29.0 Å². The minimum Gasteiger partial charge on any atom is -0.293 e. The van der Waals surface area contributed by atoms with E-state index >= 15 is 0 Å². The number of ketones is 1. The predicted molar refractivity (Wildman–Crippen MR) is 141 cm³/mol. The van der Waals surface area contributed by atoms with E-state index in [-0.39, 0.29) is 11.7 Å². The van der Waals surface area contributed by atoms with Crippen molar-refractivity contribution in [1.82, 2.24) is 0 Å². The number of thiophene rings is 1. The van der Waals surface area contributed by atoms with Crippen LogP contribution in [0.1, 0.15) is 65.0 Å². The van der Waals surface area contributed by atoms with Crippen LogP contribution in [0.25, 0.3) is 10.4 Å².